The van der Waals surface area contributed by atoms with E-state index in [0.29, 0.717) is 11.8 Å². The lowest BCUT2D eigenvalue weighted by Crippen LogP contribution is -2.01. The SMILES string of the molecule is CC.CC.CC(C)COCc1ccccc1.COCC(C)C. The predicted molar refractivity (Wildman–Crippen MR) is 100 cm³/mol. The highest BCUT2D eigenvalue weighted by atomic mass is 16.5. The maximum atomic E-state index is 5.48. The number of hydrogen-bond acceptors (Lipinski definition) is 2. The monoisotopic (exact) mass is 312 g/mol. The normalized spacial score (nSPS) is 9.05. The summed E-state index contributed by atoms with van der Waals surface area (Å²) in [7, 11) is 1.72. The summed E-state index contributed by atoms with van der Waals surface area (Å²) >= 11 is 0. The van der Waals surface area contributed by atoms with Crippen LogP contribution in [0.2, 0.25) is 0 Å². The highest BCUT2D eigenvalue weighted by Gasteiger charge is 1.94. The molecular formula is C20H40O2. The molecule has 0 heterocycles. The molecule has 0 unspecified atom stereocenters. The van der Waals surface area contributed by atoms with Gasteiger partial charge < -0.3 is 9.47 Å². The fourth-order valence-electron chi connectivity index (χ4n) is 1.32. The van der Waals surface area contributed by atoms with Crippen LogP contribution in [0.1, 0.15) is 61.0 Å². The Bertz CT molecular complexity index is 268. The second-order valence-electron chi connectivity index (χ2n) is 5.24. The van der Waals surface area contributed by atoms with E-state index in [1.807, 2.05) is 45.9 Å². The van der Waals surface area contributed by atoms with Gasteiger partial charge in [-0.1, -0.05) is 85.7 Å². The molecular weight excluding hydrogens is 272 g/mol. The van der Waals surface area contributed by atoms with Crippen LogP contribution in [0, 0.1) is 11.8 Å². The van der Waals surface area contributed by atoms with Gasteiger partial charge in [0, 0.05) is 20.3 Å². The van der Waals surface area contributed by atoms with Gasteiger partial charge in [0.2, 0.25) is 0 Å². The summed E-state index contributed by atoms with van der Waals surface area (Å²) in [5.41, 5.74) is 1.25. The molecule has 0 fully saturated rings. The molecule has 2 nitrogen and oxygen atoms in total. The molecule has 0 atom stereocenters. The van der Waals surface area contributed by atoms with Gasteiger partial charge in [-0.15, -0.1) is 0 Å². The number of benzene rings is 1. The van der Waals surface area contributed by atoms with Crippen LogP contribution in [0.25, 0.3) is 0 Å². The van der Waals surface area contributed by atoms with Gasteiger partial charge in [-0.2, -0.15) is 0 Å². The number of rotatable bonds is 6. The molecule has 0 radical (unpaired) electrons. The molecule has 0 aliphatic heterocycles. The zero-order chi connectivity index (χ0) is 17.8. The van der Waals surface area contributed by atoms with E-state index in [1.165, 1.54) is 5.56 Å². The summed E-state index contributed by atoms with van der Waals surface area (Å²) in [5, 5.41) is 0. The molecule has 0 saturated heterocycles. The molecule has 0 amide bonds. The van der Waals surface area contributed by atoms with E-state index < -0.39 is 0 Å². The van der Waals surface area contributed by atoms with E-state index in [-0.39, 0.29) is 0 Å². The lowest BCUT2D eigenvalue weighted by molar-refractivity contribution is 0.0971. The molecule has 1 aromatic carbocycles. The second-order valence-corrected chi connectivity index (χ2v) is 5.24. The summed E-state index contributed by atoms with van der Waals surface area (Å²) in [6, 6.07) is 10.3. The van der Waals surface area contributed by atoms with Crippen LogP contribution in [0.15, 0.2) is 30.3 Å². The minimum Gasteiger partial charge on any atom is -0.384 e. The first-order valence-corrected chi connectivity index (χ1v) is 8.66. The minimum absolute atomic E-state index is 0.619. The van der Waals surface area contributed by atoms with Crippen molar-refractivity contribution in [3.05, 3.63) is 35.9 Å². The summed E-state index contributed by atoms with van der Waals surface area (Å²) in [6.07, 6.45) is 0. The fourth-order valence-corrected chi connectivity index (χ4v) is 1.32. The Morgan fingerprint density at radius 1 is 0.773 bits per heavy atom. The van der Waals surface area contributed by atoms with E-state index in [1.54, 1.807) is 7.11 Å². The third-order valence-electron chi connectivity index (χ3n) is 2.06. The van der Waals surface area contributed by atoms with Crippen molar-refractivity contribution in [2.45, 2.75) is 62.0 Å². The van der Waals surface area contributed by atoms with Crippen molar-refractivity contribution in [1.82, 2.24) is 0 Å². The first kappa shape index (κ1) is 26.1. The average Bonchev–Trinajstić information content (AvgIpc) is 2.52. The zero-order valence-electron chi connectivity index (χ0n) is 16.5. The summed E-state index contributed by atoms with van der Waals surface area (Å²) in [6.45, 7) is 19.0. The maximum Gasteiger partial charge on any atom is 0.0717 e. The maximum absolute atomic E-state index is 5.48. The van der Waals surface area contributed by atoms with Crippen molar-refractivity contribution in [3.8, 4) is 0 Å². The minimum atomic E-state index is 0.619. The molecule has 0 aromatic heterocycles. The molecule has 22 heavy (non-hydrogen) atoms. The Kier molecular flexibility index (Phi) is 26.6. The van der Waals surface area contributed by atoms with E-state index in [0.717, 1.165) is 19.8 Å². The third-order valence-corrected chi connectivity index (χ3v) is 2.06. The first-order valence-electron chi connectivity index (χ1n) is 8.66. The smallest absolute Gasteiger partial charge is 0.0717 e. The largest absolute Gasteiger partial charge is 0.384 e. The van der Waals surface area contributed by atoms with Gasteiger partial charge in [-0.3, -0.25) is 0 Å². The van der Waals surface area contributed by atoms with Crippen molar-refractivity contribution in [3.63, 3.8) is 0 Å². The molecule has 0 spiro atoms. The van der Waals surface area contributed by atoms with Crippen molar-refractivity contribution in [1.29, 1.82) is 0 Å². The van der Waals surface area contributed by atoms with Gasteiger partial charge in [-0.05, 0) is 17.4 Å². The van der Waals surface area contributed by atoms with Gasteiger partial charge >= 0.3 is 0 Å². The molecule has 0 saturated carbocycles. The molecule has 0 N–H and O–H groups in total. The first-order chi connectivity index (χ1) is 10.6. The zero-order valence-corrected chi connectivity index (χ0v) is 16.5. The van der Waals surface area contributed by atoms with Crippen LogP contribution in [-0.4, -0.2) is 20.3 Å². The molecule has 0 bridgehead atoms. The Morgan fingerprint density at radius 2 is 1.23 bits per heavy atom. The van der Waals surface area contributed by atoms with Gasteiger partial charge in [-0.25, -0.2) is 0 Å². The second kappa shape index (κ2) is 22.4. The van der Waals surface area contributed by atoms with E-state index in [9.17, 15) is 0 Å². The Labute approximate surface area is 140 Å². The summed E-state index contributed by atoms with van der Waals surface area (Å²) < 4.78 is 10.3. The van der Waals surface area contributed by atoms with Crippen molar-refractivity contribution in [2.24, 2.45) is 11.8 Å². The Morgan fingerprint density at radius 3 is 1.55 bits per heavy atom. The van der Waals surface area contributed by atoms with Gasteiger partial charge in [0.05, 0.1) is 6.61 Å². The topological polar surface area (TPSA) is 18.5 Å². The van der Waals surface area contributed by atoms with E-state index in [4.69, 9.17) is 9.47 Å². The lowest BCUT2D eigenvalue weighted by Gasteiger charge is -2.05. The standard InChI is InChI=1S/C11H16O.C5H12O.2C2H6/c1-10(2)8-12-9-11-6-4-3-5-7-11;1-5(2)4-6-3;2*1-2/h3-7,10H,8-9H2,1-2H3;5H,4H2,1-3H3;2*1-2H3. The van der Waals surface area contributed by atoms with Crippen LogP contribution in [-0.2, 0) is 16.1 Å². The fraction of sp³-hybridized carbons (Fsp3) is 0.700. The van der Waals surface area contributed by atoms with Gasteiger partial charge in [0.1, 0.15) is 0 Å². The molecule has 2 heteroatoms. The number of ether oxygens (including phenoxy) is 2. The van der Waals surface area contributed by atoms with Crippen molar-refractivity contribution < 1.29 is 9.47 Å². The average molecular weight is 313 g/mol. The van der Waals surface area contributed by atoms with Crippen molar-refractivity contribution in [2.75, 3.05) is 20.3 Å². The van der Waals surface area contributed by atoms with Crippen LogP contribution < -0.4 is 0 Å². The van der Waals surface area contributed by atoms with Crippen LogP contribution in [0.3, 0.4) is 0 Å². The van der Waals surface area contributed by atoms with E-state index >= 15 is 0 Å². The summed E-state index contributed by atoms with van der Waals surface area (Å²) in [5.74, 6) is 1.30. The number of methoxy groups -OCH3 is 1. The molecule has 0 aliphatic carbocycles. The number of hydrogen-bond donors (Lipinski definition) is 0. The summed E-state index contributed by atoms with van der Waals surface area (Å²) in [4.78, 5) is 0. The quantitative estimate of drug-likeness (QED) is 0.622. The molecule has 1 aromatic rings. The van der Waals surface area contributed by atoms with Crippen LogP contribution >= 0.6 is 0 Å². The molecule has 0 aliphatic rings. The highest BCUT2D eigenvalue weighted by Crippen LogP contribution is 2.02. The molecule has 132 valence electrons. The van der Waals surface area contributed by atoms with Crippen molar-refractivity contribution >= 4 is 0 Å². The Hall–Kier alpha value is -0.860. The predicted octanol–water partition coefficient (Wildman–Crippen LogP) is 6.20. The Balaban J connectivity index is -0.000000306. The van der Waals surface area contributed by atoms with E-state index in [2.05, 4.69) is 39.8 Å². The van der Waals surface area contributed by atoms with Gasteiger partial charge in [0.15, 0.2) is 0 Å². The van der Waals surface area contributed by atoms with Crippen LogP contribution in [0.5, 0.6) is 0 Å². The third kappa shape index (κ3) is 24.2. The van der Waals surface area contributed by atoms with Gasteiger partial charge in [0.25, 0.3) is 0 Å². The highest BCUT2D eigenvalue weighted by molar-refractivity contribution is 5.13. The molecule has 1 rings (SSSR count). The van der Waals surface area contributed by atoms with Crippen LogP contribution in [0.4, 0.5) is 0 Å². The lowest BCUT2D eigenvalue weighted by atomic mass is 10.2.